The summed E-state index contributed by atoms with van der Waals surface area (Å²) in [6, 6.07) is 14.3. The number of anilines is 2. The molecule has 2 rings (SSSR count). The van der Waals surface area contributed by atoms with Crippen molar-refractivity contribution in [3.63, 3.8) is 0 Å². The Morgan fingerprint density at radius 2 is 1.67 bits per heavy atom. The SMILES string of the molecule is Oc1cccc(Nc2ccc(Cl)cc2)c1. The zero-order valence-electron chi connectivity index (χ0n) is 7.94. The first-order valence-electron chi connectivity index (χ1n) is 4.56. The van der Waals surface area contributed by atoms with Crippen LogP contribution in [0.3, 0.4) is 0 Å². The second-order valence-electron chi connectivity index (χ2n) is 3.18. The molecule has 76 valence electrons. The summed E-state index contributed by atoms with van der Waals surface area (Å²) in [7, 11) is 0. The minimum atomic E-state index is 0.244. The molecule has 0 spiro atoms. The highest BCUT2D eigenvalue weighted by atomic mass is 35.5. The third-order valence-electron chi connectivity index (χ3n) is 1.98. The van der Waals surface area contributed by atoms with Crippen molar-refractivity contribution in [2.45, 2.75) is 0 Å². The summed E-state index contributed by atoms with van der Waals surface area (Å²) < 4.78 is 0. The molecule has 0 heterocycles. The van der Waals surface area contributed by atoms with Crippen LogP contribution in [0.4, 0.5) is 11.4 Å². The molecule has 3 heteroatoms. The fraction of sp³-hybridized carbons (Fsp3) is 0. The van der Waals surface area contributed by atoms with E-state index in [1.54, 1.807) is 18.2 Å². The van der Waals surface area contributed by atoms with Crippen LogP contribution >= 0.6 is 11.6 Å². The van der Waals surface area contributed by atoms with Crippen LogP contribution in [0.1, 0.15) is 0 Å². The van der Waals surface area contributed by atoms with Gasteiger partial charge in [0.2, 0.25) is 0 Å². The average Bonchev–Trinajstić information content (AvgIpc) is 2.22. The number of halogens is 1. The van der Waals surface area contributed by atoms with Crippen LogP contribution in [0, 0.1) is 0 Å². The molecule has 0 unspecified atom stereocenters. The molecule has 0 aromatic heterocycles. The summed E-state index contributed by atoms with van der Waals surface area (Å²) >= 11 is 5.77. The molecule has 0 radical (unpaired) electrons. The van der Waals surface area contributed by atoms with E-state index in [0.717, 1.165) is 11.4 Å². The first-order valence-corrected chi connectivity index (χ1v) is 4.93. The number of phenols is 1. The van der Waals surface area contributed by atoms with Gasteiger partial charge in [0.15, 0.2) is 0 Å². The number of nitrogens with one attached hydrogen (secondary N) is 1. The molecule has 2 N–H and O–H groups in total. The van der Waals surface area contributed by atoms with Gasteiger partial charge < -0.3 is 10.4 Å². The maximum absolute atomic E-state index is 9.27. The monoisotopic (exact) mass is 219 g/mol. The maximum atomic E-state index is 9.27. The molecule has 2 nitrogen and oxygen atoms in total. The Morgan fingerprint density at radius 3 is 2.33 bits per heavy atom. The molecule has 2 aromatic rings. The van der Waals surface area contributed by atoms with Gasteiger partial charge in [-0.15, -0.1) is 0 Å². The first kappa shape index (κ1) is 9.87. The molecule has 0 fully saturated rings. The zero-order chi connectivity index (χ0) is 10.7. The van der Waals surface area contributed by atoms with E-state index in [-0.39, 0.29) is 5.75 Å². The Labute approximate surface area is 93.1 Å². The van der Waals surface area contributed by atoms with Crippen LogP contribution in [-0.2, 0) is 0 Å². The van der Waals surface area contributed by atoms with Crippen molar-refractivity contribution in [1.29, 1.82) is 0 Å². The highest BCUT2D eigenvalue weighted by Gasteiger charge is 1.95. The third kappa shape index (κ3) is 2.64. The van der Waals surface area contributed by atoms with Gasteiger partial charge in [0.1, 0.15) is 5.75 Å². The van der Waals surface area contributed by atoms with Crippen molar-refractivity contribution in [3.05, 3.63) is 53.6 Å². The molecule has 0 saturated heterocycles. The molecule has 0 aliphatic heterocycles. The first-order chi connectivity index (χ1) is 7.24. The number of hydrogen-bond donors (Lipinski definition) is 2. The van der Waals surface area contributed by atoms with Crippen molar-refractivity contribution >= 4 is 23.0 Å². The van der Waals surface area contributed by atoms with Gasteiger partial charge >= 0.3 is 0 Å². The average molecular weight is 220 g/mol. The molecule has 0 aliphatic carbocycles. The van der Waals surface area contributed by atoms with Crippen molar-refractivity contribution in [2.75, 3.05) is 5.32 Å². The van der Waals surface area contributed by atoms with E-state index in [9.17, 15) is 5.11 Å². The van der Waals surface area contributed by atoms with Crippen molar-refractivity contribution < 1.29 is 5.11 Å². The Bertz CT molecular complexity index is 453. The van der Waals surface area contributed by atoms with Crippen LogP contribution in [-0.4, -0.2) is 5.11 Å². The summed E-state index contributed by atoms with van der Waals surface area (Å²) in [6.07, 6.45) is 0. The highest BCUT2D eigenvalue weighted by Crippen LogP contribution is 2.21. The van der Waals surface area contributed by atoms with E-state index in [1.165, 1.54) is 0 Å². The number of benzene rings is 2. The molecule has 15 heavy (non-hydrogen) atoms. The predicted molar refractivity (Wildman–Crippen MR) is 62.8 cm³/mol. The second kappa shape index (κ2) is 4.24. The largest absolute Gasteiger partial charge is 0.508 e. The lowest BCUT2D eigenvalue weighted by atomic mass is 10.2. The molecule has 0 amide bonds. The van der Waals surface area contributed by atoms with Crippen LogP contribution in [0.15, 0.2) is 48.5 Å². The summed E-state index contributed by atoms with van der Waals surface area (Å²) in [6.45, 7) is 0. The van der Waals surface area contributed by atoms with Gasteiger partial charge in [-0.05, 0) is 36.4 Å². The molecule has 2 aromatic carbocycles. The minimum Gasteiger partial charge on any atom is -0.508 e. The smallest absolute Gasteiger partial charge is 0.117 e. The van der Waals surface area contributed by atoms with Crippen molar-refractivity contribution in [3.8, 4) is 5.75 Å². The third-order valence-corrected chi connectivity index (χ3v) is 2.23. The van der Waals surface area contributed by atoms with Gasteiger partial charge in [0.25, 0.3) is 0 Å². The summed E-state index contributed by atoms with van der Waals surface area (Å²) in [5.41, 5.74) is 1.78. The van der Waals surface area contributed by atoms with E-state index in [0.29, 0.717) is 5.02 Å². The van der Waals surface area contributed by atoms with Gasteiger partial charge in [0, 0.05) is 22.5 Å². The van der Waals surface area contributed by atoms with E-state index < -0.39 is 0 Å². The van der Waals surface area contributed by atoms with Gasteiger partial charge in [-0.3, -0.25) is 0 Å². The van der Waals surface area contributed by atoms with Crippen molar-refractivity contribution in [2.24, 2.45) is 0 Å². The number of phenolic OH excluding ortho intramolecular Hbond substituents is 1. The quantitative estimate of drug-likeness (QED) is 0.806. The lowest BCUT2D eigenvalue weighted by Gasteiger charge is -2.06. The van der Waals surface area contributed by atoms with Gasteiger partial charge in [-0.2, -0.15) is 0 Å². The Hall–Kier alpha value is -1.67. The summed E-state index contributed by atoms with van der Waals surface area (Å²) in [4.78, 5) is 0. The van der Waals surface area contributed by atoms with Crippen LogP contribution in [0.5, 0.6) is 5.75 Å². The number of hydrogen-bond acceptors (Lipinski definition) is 2. The Morgan fingerprint density at radius 1 is 0.933 bits per heavy atom. The minimum absolute atomic E-state index is 0.244. The fourth-order valence-electron chi connectivity index (χ4n) is 1.28. The van der Waals surface area contributed by atoms with E-state index in [4.69, 9.17) is 11.6 Å². The number of aromatic hydroxyl groups is 1. The molecule has 0 bridgehead atoms. The standard InChI is InChI=1S/C12H10ClNO/c13-9-4-6-10(7-5-9)14-11-2-1-3-12(15)8-11/h1-8,14-15H. The van der Waals surface area contributed by atoms with Crippen LogP contribution in [0.2, 0.25) is 5.02 Å². The molecule has 0 atom stereocenters. The topological polar surface area (TPSA) is 32.3 Å². The lowest BCUT2D eigenvalue weighted by molar-refractivity contribution is 0.475. The molecular formula is C12H10ClNO. The fourth-order valence-corrected chi connectivity index (χ4v) is 1.41. The molecule has 0 saturated carbocycles. The second-order valence-corrected chi connectivity index (χ2v) is 3.62. The van der Waals surface area contributed by atoms with E-state index in [1.807, 2.05) is 30.3 Å². The van der Waals surface area contributed by atoms with Gasteiger partial charge in [0.05, 0.1) is 0 Å². The molecular weight excluding hydrogens is 210 g/mol. The molecule has 0 aliphatic rings. The normalized spacial score (nSPS) is 9.93. The Kier molecular flexibility index (Phi) is 2.79. The van der Waals surface area contributed by atoms with Gasteiger partial charge in [-0.25, -0.2) is 0 Å². The number of rotatable bonds is 2. The zero-order valence-corrected chi connectivity index (χ0v) is 8.70. The lowest BCUT2D eigenvalue weighted by Crippen LogP contribution is -1.88. The maximum Gasteiger partial charge on any atom is 0.117 e. The van der Waals surface area contributed by atoms with Crippen LogP contribution < -0.4 is 5.32 Å². The Balaban J connectivity index is 2.18. The van der Waals surface area contributed by atoms with E-state index in [2.05, 4.69) is 5.32 Å². The predicted octanol–water partition coefficient (Wildman–Crippen LogP) is 3.79. The summed E-state index contributed by atoms with van der Waals surface area (Å²) in [5, 5.41) is 13.1. The van der Waals surface area contributed by atoms with Crippen molar-refractivity contribution in [1.82, 2.24) is 0 Å². The highest BCUT2D eigenvalue weighted by molar-refractivity contribution is 6.30. The van der Waals surface area contributed by atoms with Gasteiger partial charge in [-0.1, -0.05) is 17.7 Å². The summed E-state index contributed by atoms with van der Waals surface area (Å²) in [5.74, 6) is 0.244. The van der Waals surface area contributed by atoms with E-state index >= 15 is 0 Å². The van der Waals surface area contributed by atoms with Crippen LogP contribution in [0.25, 0.3) is 0 Å².